The van der Waals surface area contributed by atoms with Crippen LogP contribution in [0.2, 0.25) is 0 Å². The van der Waals surface area contributed by atoms with Crippen molar-refractivity contribution in [1.82, 2.24) is 15.0 Å². The Balaban J connectivity index is 1.52. The van der Waals surface area contributed by atoms with E-state index in [2.05, 4.69) is 27.1 Å². The molecule has 25 heavy (non-hydrogen) atoms. The SMILES string of the molecule is Cc1noc(C)c1CN1C[C@H]2CC[C@@H](C1)N(Cc1ccccc1)C2=O. The average Bonchev–Trinajstić information content (AvgIpc) is 2.79. The second-order valence-electron chi connectivity index (χ2n) is 7.38. The molecule has 3 aliphatic heterocycles. The molecule has 0 spiro atoms. The Kier molecular flexibility index (Phi) is 4.34. The van der Waals surface area contributed by atoms with Crippen molar-refractivity contribution in [2.75, 3.05) is 13.1 Å². The fourth-order valence-corrected chi connectivity index (χ4v) is 4.20. The van der Waals surface area contributed by atoms with E-state index in [0.29, 0.717) is 11.9 Å². The van der Waals surface area contributed by atoms with Gasteiger partial charge < -0.3 is 9.42 Å². The molecule has 3 aliphatic rings. The third kappa shape index (κ3) is 3.21. The van der Waals surface area contributed by atoms with Crippen molar-refractivity contribution in [2.24, 2.45) is 5.92 Å². The maximum Gasteiger partial charge on any atom is 0.227 e. The number of benzene rings is 1. The van der Waals surface area contributed by atoms with Gasteiger partial charge in [-0.1, -0.05) is 35.5 Å². The van der Waals surface area contributed by atoms with E-state index < -0.39 is 0 Å². The summed E-state index contributed by atoms with van der Waals surface area (Å²) in [6.07, 6.45) is 2.11. The van der Waals surface area contributed by atoms with Gasteiger partial charge >= 0.3 is 0 Å². The van der Waals surface area contributed by atoms with Crippen LogP contribution in [-0.4, -0.2) is 40.0 Å². The Morgan fingerprint density at radius 2 is 1.92 bits per heavy atom. The number of carbonyl (C=O) groups is 1. The molecule has 2 atom stereocenters. The first-order valence-electron chi connectivity index (χ1n) is 9.10. The third-order valence-electron chi connectivity index (χ3n) is 5.63. The van der Waals surface area contributed by atoms with Crippen LogP contribution in [0.25, 0.3) is 0 Å². The zero-order valence-corrected chi connectivity index (χ0v) is 14.9. The zero-order valence-electron chi connectivity index (χ0n) is 14.9. The lowest BCUT2D eigenvalue weighted by molar-refractivity contribution is -0.140. The number of fused-ring (bicyclic) bond motifs is 4. The van der Waals surface area contributed by atoms with E-state index in [4.69, 9.17) is 4.52 Å². The average molecular weight is 339 g/mol. The molecule has 1 aromatic carbocycles. The maximum absolute atomic E-state index is 13.0. The second kappa shape index (κ2) is 6.64. The fraction of sp³-hybridized carbons (Fsp3) is 0.500. The molecule has 3 fully saturated rings. The number of aromatic nitrogens is 1. The van der Waals surface area contributed by atoms with Gasteiger partial charge in [0, 0.05) is 37.8 Å². The standard InChI is InChI=1S/C20H25N3O2/c1-14-19(15(2)25-21-14)13-22-11-17-8-9-18(12-22)23(20(17)24)10-16-6-4-3-5-7-16/h3-7,17-18H,8-13H2,1-2H3/t17-,18+/m1/s1. The van der Waals surface area contributed by atoms with Crippen molar-refractivity contribution in [3.8, 4) is 0 Å². The fourth-order valence-electron chi connectivity index (χ4n) is 4.20. The van der Waals surface area contributed by atoms with Gasteiger partial charge in [-0.25, -0.2) is 0 Å². The first-order valence-corrected chi connectivity index (χ1v) is 9.10. The van der Waals surface area contributed by atoms with Crippen molar-refractivity contribution in [3.05, 3.63) is 52.9 Å². The van der Waals surface area contributed by atoms with Crippen LogP contribution in [-0.2, 0) is 17.9 Å². The highest BCUT2D eigenvalue weighted by Gasteiger charge is 2.40. The molecule has 0 N–H and O–H groups in total. The topological polar surface area (TPSA) is 49.6 Å². The number of hydrogen-bond donors (Lipinski definition) is 0. The molecule has 0 aliphatic carbocycles. The van der Waals surface area contributed by atoms with Crippen molar-refractivity contribution in [1.29, 1.82) is 0 Å². The summed E-state index contributed by atoms with van der Waals surface area (Å²) in [5.41, 5.74) is 3.34. The highest BCUT2D eigenvalue weighted by atomic mass is 16.5. The first-order chi connectivity index (χ1) is 12.1. The summed E-state index contributed by atoms with van der Waals surface area (Å²) in [7, 11) is 0. The lowest BCUT2D eigenvalue weighted by Crippen LogP contribution is -2.47. The molecule has 2 bridgehead atoms. The van der Waals surface area contributed by atoms with Gasteiger partial charge in [0.05, 0.1) is 11.6 Å². The van der Waals surface area contributed by atoms with E-state index in [1.807, 2.05) is 32.0 Å². The largest absolute Gasteiger partial charge is 0.361 e. The van der Waals surface area contributed by atoms with Gasteiger partial charge in [0.15, 0.2) is 0 Å². The van der Waals surface area contributed by atoms with Crippen LogP contribution in [0.5, 0.6) is 0 Å². The minimum Gasteiger partial charge on any atom is -0.361 e. The molecule has 2 aromatic rings. The molecule has 132 valence electrons. The van der Waals surface area contributed by atoms with Crippen LogP contribution in [0, 0.1) is 19.8 Å². The summed E-state index contributed by atoms with van der Waals surface area (Å²) in [6.45, 7) is 7.27. The van der Waals surface area contributed by atoms with Gasteiger partial charge in [0.25, 0.3) is 0 Å². The Hall–Kier alpha value is -2.14. The normalized spacial score (nSPS) is 23.9. The molecule has 0 radical (unpaired) electrons. The Morgan fingerprint density at radius 3 is 2.64 bits per heavy atom. The van der Waals surface area contributed by atoms with Crippen LogP contribution >= 0.6 is 0 Å². The molecule has 1 amide bonds. The summed E-state index contributed by atoms with van der Waals surface area (Å²) in [6, 6.07) is 10.6. The van der Waals surface area contributed by atoms with Gasteiger partial charge in [0.1, 0.15) is 5.76 Å². The Bertz CT molecular complexity index is 736. The molecule has 3 saturated heterocycles. The maximum atomic E-state index is 13.0. The van der Waals surface area contributed by atoms with E-state index in [1.54, 1.807) is 0 Å². The highest BCUT2D eigenvalue weighted by Crippen LogP contribution is 2.31. The van der Waals surface area contributed by atoms with Gasteiger partial charge in [-0.2, -0.15) is 0 Å². The van der Waals surface area contributed by atoms with Gasteiger partial charge in [-0.3, -0.25) is 9.69 Å². The van der Waals surface area contributed by atoms with Crippen LogP contribution in [0.15, 0.2) is 34.9 Å². The van der Waals surface area contributed by atoms with E-state index in [1.165, 1.54) is 11.1 Å². The molecule has 5 heteroatoms. The molecule has 0 saturated carbocycles. The molecule has 1 aromatic heterocycles. The van der Waals surface area contributed by atoms with Crippen molar-refractivity contribution in [3.63, 3.8) is 0 Å². The predicted octanol–water partition coefficient (Wildman–Crippen LogP) is 2.91. The quantitative estimate of drug-likeness (QED) is 0.859. The van der Waals surface area contributed by atoms with E-state index >= 15 is 0 Å². The summed E-state index contributed by atoms with van der Waals surface area (Å²) in [4.78, 5) is 17.5. The van der Waals surface area contributed by atoms with Crippen molar-refractivity contribution in [2.45, 2.75) is 45.8 Å². The number of rotatable bonds is 4. The number of nitrogens with zero attached hydrogens (tertiary/aromatic N) is 3. The molecular formula is C20H25N3O2. The lowest BCUT2D eigenvalue weighted by atomic mass is 9.93. The van der Waals surface area contributed by atoms with Crippen molar-refractivity contribution >= 4 is 5.91 Å². The highest BCUT2D eigenvalue weighted by molar-refractivity contribution is 5.80. The summed E-state index contributed by atoms with van der Waals surface area (Å²) < 4.78 is 5.30. The number of carbonyl (C=O) groups excluding carboxylic acids is 1. The molecule has 0 unspecified atom stereocenters. The Morgan fingerprint density at radius 1 is 1.12 bits per heavy atom. The molecule has 5 nitrogen and oxygen atoms in total. The zero-order chi connectivity index (χ0) is 17.4. The van der Waals surface area contributed by atoms with Crippen LogP contribution in [0.3, 0.4) is 0 Å². The van der Waals surface area contributed by atoms with Crippen LogP contribution < -0.4 is 0 Å². The summed E-state index contributed by atoms with van der Waals surface area (Å²) in [5.74, 6) is 1.32. The number of amides is 1. The molecule has 5 rings (SSSR count). The molecular weight excluding hydrogens is 314 g/mol. The van der Waals surface area contributed by atoms with Gasteiger partial charge in [0.2, 0.25) is 5.91 Å². The second-order valence-corrected chi connectivity index (χ2v) is 7.38. The van der Waals surface area contributed by atoms with Crippen molar-refractivity contribution < 1.29 is 9.32 Å². The van der Waals surface area contributed by atoms with Gasteiger partial charge in [-0.15, -0.1) is 0 Å². The number of piperidine rings is 1. The smallest absolute Gasteiger partial charge is 0.227 e. The van der Waals surface area contributed by atoms with Crippen LogP contribution in [0.4, 0.5) is 0 Å². The van der Waals surface area contributed by atoms with E-state index in [-0.39, 0.29) is 5.92 Å². The minimum absolute atomic E-state index is 0.114. The monoisotopic (exact) mass is 339 g/mol. The summed E-state index contributed by atoms with van der Waals surface area (Å²) >= 11 is 0. The van der Waals surface area contributed by atoms with E-state index in [9.17, 15) is 4.79 Å². The van der Waals surface area contributed by atoms with Gasteiger partial charge in [-0.05, 0) is 32.3 Å². The number of hydrogen-bond acceptors (Lipinski definition) is 4. The summed E-state index contributed by atoms with van der Waals surface area (Å²) in [5, 5.41) is 4.07. The predicted molar refractivity (Wildman–Crippen MR) is 94.8 cm³/mol. The molecule has 4 heterocycles. The lowest BCUT2D eigenvalue weighted by Gasteiger charge is -2.36. The Labute approximate surface area is 148 Å². The number of aryl methyl sites for hydroxylation is 2. The first kappa shape index (κ1) is 16.3. The van der Waals surface area contributed by atoms with E-state index in [0.717, 1.165) is 50.5 Å². The third-order valence-corrected chi connectivity index (χ3v) is 5.63. The van der Waals surface area contributed by atoms with Crippen LogP contribution in [0.1, 0.15) is 35.4 Å². The minimum atomic E-state index is 0.114.